The van der Waals surface area contributed by atoms with Crippen molar-refractivity contribution in [1.82, 2.24) is 4.90 Å². The average molecular weight is 554 g/mol. The van der Waals surface area contributed by atoms with Gasteiger partial charge in [0, 0.05) is 24.8 Å². The largest absolute Gasteiger partial charge is 0.319 e. The Morgan fingerprint density at radius 1 is 0.795 bits per heavy atom. The molecule has 0 bridgehead atoms. The number of nitrogens with zero attached hydrogens (tertiary/aromatic N) is 2. The second-order valence-electron chi connectivity index (χ2n) is 15.9. The van der Waals surface area contributed by atoms with Crippen LogP contribution >= 0.6 is 0 Å². The Morgan fingerprint density at radius 2 is 1.13 bits per heavy atom. The minimum absolute atomic E-state index is 0. The van der Waals surface area contributed by atoms with Crippen molar-refractivity contribution < 1.29 is 18.9 Å². The van der Waals surface area contributed by atoms with Gasteiger partial charge in [-0.25, -0.2) is 0 Å². The third kappa shape index (κ3) is 13.3. The van der Waals surface area contributed by atoms with Crippen LogP contribution in [0, 0.1) is 10.8 Å². The number of quaternary nitrogens is 1. The fraction of sp³-hybridized carbons (Fsp3) is 0.853. The molecular formula is C34H69N2O3+. The van der Waals surface area contributed by atoms with Crippen molar-refractivity contribution in [2.75, 3.05) is 28.2 Å². The number of rotatable bonds is 4. The molecule has 1 saturated heterocycles. The zero-order valence-electron chi connectivity index (χ0n) is 27.4. The number of carbonyl (C=O) groups excluding carboxylic acids is 3. The molecule has 0 atom stereocenters. The fourth-order valence-corrected chi connectivity index (χ4v) is 5.75. The van der Waals surface area contributed by atoms with E-state index >= 15 is 0 Å². The first kappa shape index (κ1) is 42.1. The van der Waals surface area contributed by atoms with Crippen molar-refractivity contribution in [3.8, 4) is 0 Å². The van der Waals surface area contributed by atoms with E-state index in [0.29, 0.717) is 30.8 Å². The van der Waals surface area contributed by atoms with Gasteiger partial charge in [0.05, 0.1) is 26.9 Å². The molecule has 2 aliphatic rings. The van der Waals surface area contributed by atoms with Crippen LogP contribution in [0.3, 0.4) is 0 Å². The maximum absolute atomic E-state index is 11.6. The summed E-state index contributed by atoms with van der Waals surface area (Å²) in [6.45, 7) is 25.5. The predicted molar refractivity (Wildman–Crippen MR) is 171 cm³/mol. The molecule has 1 heterocycles. The van der Waals surface area contributed by atoms with Crippen LogP contribution in [0.4, 0.5) is 0 Å². The molecule has 0 amide bonds. The number of hydrogen-bond donors (Lipinski definition) is 0. The molecule has 232 valence electrons. The lowest BCUT2D eigenvalue weighted by atomic mass is 9.65. The Bertz CT molecular complexity index is 812. The van der Waals surface area contributed by atoms with E-state index in [4.69, 9.17) is 0 Å². The molecule has 39 heavy (non-hydrogen) atoms. The van der Waals surface area contributed by atoms with Crippen LogP contribution in [0.1, 0.15) is 136 Å². The smallest absolute Gasteiger partial charge is 0.157 e. The number of allylic oxidation sites excluding steroid dienone is 2. The zero-order valence-corrected chi connectivity index (χ0v) is 27.4. The summed E-state index contributed by atoms with van der Waals surface area (Å²) >= 11 is 0. The molecule has 1 saturated carbocycles. The summed E-state index contributed by atoms with van der Waals surface area (Å²) < 4.78 is 0.922. The molecular weight excluding hydrogens is 484 g/mol. The first-order valence-electron chi connectivity index (χ1n) is 13.9. The Kier molecular flexibility index (Phi) is 15.7. The standard InChI is InChI=1S/C11H22NO.C11H21NO.C10H18O.2CH4/c1-10(2)7-9(13)8-11(3,4)12(10,5)6;1-9(2)7-10(13)8-11(3,4)12(5)6;1-9(2)5-8(11)6-10(3,4)7-9;;/h7-8H2,1-6H3;7H,8H2,1-6H3;5-7H2,1-4H3;2*1H4/q+1;;;;. The molecule has 0 aromatic rings. The van der Waals surface area contributed by atoms with E-state index in [1.165, 1.54) is 6.42 Å². The van der Waals surface area contributed by atoms with E-state index in [-0.39, 0.29) is 48.1 Å². The van der Waals surface area contributed by atoms with Gasteiger partial charge in [-0.3, -0.25) is 14.4 Å². The van der Waals surface area contributed by atoms with Gasteiger partial charge < -0.3 is 9.38 Å². The lowest BCUT2D eigenvalue weighted by molar-refractivity contribution is -0.983. The third-order valence-electron chi connectivity index (χ3n) is 8.86. The van der Waals surface area contributed by atoms with E-state index < -0.39 is 0 Å². The van der Waals surface area contributed by atoms with Crippen LogP contribution in [-0.4, -0.2) is 71.5 Å². The second kappa shape index (κ2) is 14.5. The molecule has 5 heteroatoms. The minimum atomic E-state index is -0.0525. The fourth-order valence-electron chi connectivity index (χ4n) is 5.75. The van der Waals surface area contributed by atoms with Gasteiger partial charge in [-0.05, 0) is 92.8 Å². The zero-order chi connectivity index (χ0) is 29.8. The van der Waals surface area contributed by atoms with Crippen LogP contribution < -0.4 is 0 Å². The highest BCUT2D eigenvalue weighted by Gasteiger charge is 2.53. The highest BCUT2D eigenvalue weighted by atomic mass is 16.1. The highest BCUT2D eigenvalue weighted by molar-refractivity contribution is 5.91. The SMILES string of the molecule is C.C.CC(C)=CC(=O)CC(C)(C)N(C)C.CC1(C)CC(=O)CC(C)(C)C1.CC1(C)CC(=O)CC(C)(C)[N+]1(C)C. The topological polar surface area (TPSA) is 54.5 Å². The van der Waals surface area contributed by atoms with Crippen molar-refractivity contribution in [1.29, 1.82) is 0 Å². The summed E-state index contributed by atoms with van der Waals surface area (Å²) in [5, 5.41) is 0. The summed E-state index contributed by atoms with van der Waals surface area (Å²) in [4.78, 5) is 36.4. The number of Topliss-reactive ketones (excluding diaryl/α,β-unsaturated/α-hetero) is 2. The Labute approximate surface area is 244 Å². The quantitative estimate of drug-likeness (QED) is 0.259. The van der Waals surface area contributed by atoms with E-state index in [9.17, 15) is 14.4 Å². The van der Waals surface area contributed by atoms with Gasteiger partial charge in [0.1, 0.15) is 22.6 Å². The van der Waals surface area contributed by atoms with Gasteiger partial charge >= 0.3 is 0 Å². The van der Waals surface area contributed by atoms with Crippen LogP contribution in [0.15, 0.2) is 11.6 Å². The summed E-state index contributed by atoms with van der Waals surface area (Å²) in [5.41, 5.74) is 1.62. The predicted octanol–water partition coefficient (Wildman–Crippen LogP) is 8.30. The first-order valence-corrected chi connectivity index (χ1v) is 13.9. The minimum Gasteiger partial charge on any atom is -0.319 e. The monoisotopic (exact) mass is 554 g/mol. The van der Waals surface area contributed by atoms with Crippen molar-refractivity contribution >= 4 is 17.3 Å². The number of piperidine rings is 1. The van der Waals surface area contributed by atoms with Crippen molar-refractivity contribution in [2.24, 2.45) is 10.8 Å². The molecule has 0 radical (unpaired) electrons. The molecule has 0 spiro atoms. The Balaban J connectivity index is -0.000000488. The summed E-state index contributed by atoms with van der Waals surface area (Å²) in [7, 11) is 8.45. The molecule has 5 nitrogen and oxygen atoms in total. The van der Waals surface area contributed by atoms with Crippen molar-refractivity contribution in [3.05, 3.63) is 11.6 Å². The summed E-state index contributed by atoms with van der Waals surface area (Å²) in [5.74, 6) is 1.05. The van der Waals surface area contributed by atoms with Crippen LogP contribution in [0.5, 0.6) is 0 Å². The lowest BCUT2D eigenvalue weighted by Crippen LogP contribution is -2.70. The molecule has 0 unspecified atom stereocenters. The van der Waals surface area contributed by atoms with E-state index in [0.717, 1.165) is 22.9 Å². The van der Waals surface area contributed by atoms with E-state index in [1.807, 2.05) is 27.9 Å². The molecule has 1 aliphatic heterocycles. The van der Waals surface area contributed by atoms with Crippen LogP contribution in [-0.2, 0) is 14.4 Å². The van der Waals surface area contributed by atoms with Gasteiger partial charge in [0.25, 0.3) is 0 Å². The van der Waals surface area contributed by atoms with E-state index in [1.54, 1.807) is 6.08 Å². The maximum atomic E-state index is 11.6. The second-order valence-corrected chi connectivity index (χ2v) is 15.9. The van der Waals surface area contributed by atoms with Crippen LogP contribution in [0.25, 0.3) is 0 Å². The number of hydrogen-bond acceptors (Lipinski definition) is 4. The molecule has 0 aromatic carbocycles. The maximum Gasteiger partial charge on any atom is 0.157 e. The van der Waals surface area contributed by atoms with Gasteiger partial charge in [0.15, 0.2) is 5.78 Å². The number of likely N-dealkylation sites (tertiary alicyclic amines) is 1. The van der Waals surface area contributed by atoms with Gasteiger partial charge in [-0.2, -0.15) is 0 Å². The Morgan fingerprint density at radius 3 is 1.41 bits per heavy atom. The van der Waals surface area contributed by atoms with Crippen LogP contribution in [0.2, 0.25) is 0 Å². The van der Waals surface area contributed by atoms with Crippen molar-refractivity contribution in [3.63, 3.8) is 0 Å². The van der Waals surface area contributed by atoms with Gasteiger partial charge in [0.2, 0.25) is 0 Å². The number of ketones is 3. The molecule has 0 aromatic heterocycles. The third-order valence-corrected chi connectivity index (χ3v) is 8.86. The average Bonchev–Trinajstić information content (AvgIpc) is 2.55. The van der Waals surface area contributed by atoms with Crippen molar-refractivity contribution in [2.45, 2.75) is 153 Å². The highest BCUT2D eigenvalue weighted by Crippen LogP contribution is 2.44. The van der Waals surface area contributed by atoms with E-state index in [2.05, 4.69) is 88.2 Å². The van der Waals surface area contributed by atoms with Gasteiger partial charge in [-0.15, -0.1) is 0 Å². The first-order chi connectivity index (χ1) is 16.2. The molecule has 2 rings (SSSR count). The summed E-state index contributed by atoms with van der Waals surface area (Å²) in [6.07, 6.45) is 6.43. The molecule has 2 fully saturated rings. The molecule has 0 N–H and O–H groups in total. The van der Waals surface area contributed by atoms with Gasteiger partial charge in [-0.1, -0.05) is 48.1 Å². The summed E-state index contributed by atoms with van der Waals surface area (Å²) in [6, 6.07) is 0. The lowest BCUT2D eigenvalue weighted by Gasteiger charge is -2.57. The Hall–Kier alpha value is -1.33. The normalized spacial score (nSPS) is 22.0. The number of carbonyl (C=O) groups is 3. The molecule has 1 aliphatic carbocycles.